The lowest BCUT2D eigenvalue weighted by molar-refractivity contribution is -0.142. The predicted molar refractivity (Wildman–Crippen MR) is 50.8 cm³/mol. The van der Waals surface area contributed by atoms with Gasteiger partial charge >= 0.3 is 0 Å². The lowest BCUT2D eigenvalue weighted by Crippen LogP contribution is -2.40. The van der Waals surface area contributed by atoms with Crippen molar-refractivity contribution >= 4 is 11.8 Å². The molecule has 0 bridgehead atoms. The molecule has 4 nitrogen and oxygen atoms in total. The smallest absolute Gasteiger partial charge is 0.250 e. The maximum atomic E-state index is 11.8. The van der Waals surface area contributed by atoms with Gasteiger partial charge in [-0.25, -0.2) is 10.9 Å². The number of nitrogens with two attached hydrogens (primary N) is 1. The Bertz CT molecular complexity index is 267. The van der Waals surface area contributed by atoms with Gasteiger partial charge in [-0.2, -0.15) is 0 Å². The molecule has 0 aromatic rings. The molecule has 1 saturated carbocycles. The Balaban J connectivity index is 2.22. The number of nitrogens with zero attached hydrogens (tertiary/aromatic N) is 1. The van der Waals surface area contributed by atoms with Crippen molar-refractivity contribution in [1.82, 2.24) is 5.01 Å². The Morgan fingerprint density at radius 3 is 2.07 bits per heavy atom. The molecule has 78 valence electrons. The monoisotopic (exact) mass is 196 g/mol. The van der Waals surface area contributed by atoms with Gasteiger partial charge in [0.15, 0.2) is 0 Å². The second kappa shape index (κ2) is 3.35. The third-order valence-corrected chi connectivity index (χ3v) is 3.49. The average molecular weight is 196 g/mol. The number of hydrazine groups is 1. The minimum absolute atomic E-state index is 0.149. The molecule has 0 unspecified atom stereocenters. The van der Waals surface area contributed by atoms with Crippen LogP contribution in [-0.2, 0) is 9.59 Å². The lowest BCUT2D eigenvalue weighted by Gasteiger charge is -2.23. The fourth-order valence-electron chi connectivity index (χ4n) is 2.62. The molecule has 14 heavy (non-hydrogen) atoms. The topological polar surface area (TPSA) is 63.4 Å². The molecule has 0 aromatic heterocycles. The van der Waals surface area contributed by atoms with E-state index in [1.807, 2.05) is 0 Å². The molecule has 2 rings (SSSR count). The number of rotatable bonds is 0. The number of amides is 2. The van der Waals surface area contributed by atoms with E-state index in [2.05, 4.69) is 0 Å². The highest BCUT2D eigenvalue weighted by Gasteiger charge is 2.50. The van der Waals surface area contributed by atoms with E-state index in [1.54, 1.807) is 0 Å². The molecule has 1 aliphatic heterocycles. The number of carbonyl (C=O) groups excluding carboxylic acids is 2. The fraction of sp³-hybridized carbons (Fsp3) is 0.800. The van der Waals surface area contributed by atoms with Gasteiger partial charge in [0.05, 0.1) is 5.41 Å². The number of hydrogen-bond acceptors (Lipinski definition) is 3. The Morgan fingerprint density at radius 2 is 1.64 bits per heavy atom. The van der Waals surface area contributed by atoms with E-state index in [0.29, 0.717) is 6.42 Å². The van der Waals surface area contributed by atoms with Gasteiger partial charge in [-0.3, -0.25) is 9.59 Å². The van der Waals surface area contributed by atoms with Crippen LogP contribution in [-0.4, -0.2) is 16.8 Å². The van der Waals surface area contributed by atoms with E-state index >= 15 is 0 Å². The van der Waals surface area contributed by atoms with Crippen molar-refractivity contribution in [3.8, 4) is 0 Å². The van der Waals surface area contributed by atoms with E-state index < -0.39 is 5.41 Å². The van der Waals surface area contributed by atoms with Gasteiger partial charge in [-0.05, 0) is 12.8 Å². The predicted octanol–water partition coefficient (Wildman–Crippen LogP) is 0.960. The first-order valence-electron chi connectivity index (χ1n) is 5.28. The molecule has 2 N–H and O–H groups in total. The lowest BCUT2D eigenvalue weighted by atomic mass is 9.79. The molecule has 2 aliphatic rings. The van der Waals surface area contributed by atoms with Crippen molar-refractivity contribution in [3.05, 3.63) is 0 Å². The molecular formula is C10H16N2O2. The van der Waals surface area contributed by atoms with Crippen molar-refractivity contribution in [2.24, 2.45) is 11.3 Å². The SMILES string of the molecule is NN1C(=O)CC2(CCCCCC2)C1=O. The maximum Gasteiger partial charge on any atom is 0.250 e. The molecule has 1 heterocycles. The van der Waals surface area contributed by atoms with Gasteiger partial charge in [-0.1, -0.05) is 25.7 Å². The molecule has 0 aromatic carbocycles. The molecule has 0 radical (unpaired) electrons. The van der Waals surface area contributed by atoms with Gasteiger partial charge in [0, 0.05) is 6.42 Å². The van der Waals surface area contributed by atoms with Crippen LogP contribution in [0.25, 0.3) is 0 Å². The van der Waals surface area contributed by atoms with Crippen molar-refractivity contribution in [3.63, 3.8) is 0 Å². The summed E-state index contributed by atoms with van der Waals surface area (Å²) in [7, 11) is 0. The Kier molecular flexibility index (Phi) is 2.31. The first kappa shape index (κ1) is 9.65. The van der Waals surface area contributed by atoms with Gasteiger partial charge in [0.2, 0.25) is 11.8 Å². The van der Waals surface area contributed by atoms with Gasteiger partial charge in [0.25, 0.3) is 0 Å². The van der Waals surface area contributed by atoms with Gasteiger partial charge in [0.1, 0.15) is 0 Å². The summed E-state index contributed by atoms with van der Waals surface area (Å²) < 4.78 is 0. The summed E-state index contributed by atoms with van der Waals surface area (Å²) in [4.78, 5) is 23.2. The zero-order chi connectivity index (χ0) is 10.2. The van der Waals surface area contributed by atoms with Gasteiger partial charge in [-0.15, -0.1) is 0 Å². The van der Waals surface area contributed by atoms with Crippen LogP contribution >= 0.6 is 0 Å². The second-order valence-electron chi connectivity index (χ2n) is 4.44. The van der Waals surface area contributed by atoms with Gasteiger partial charge < -0.3 is 0 Å². The molecule has 4 heteroatoms. The van der Waals surface area contributed by atoms with Crippen molar-refractivity contribution < 1.29 is 9.59 Å². The van der Waals surface area contributed by atoms with Crippen LogP contribution < -0.4 is 5.84 Å². The largest absolute Gasteiger partial charge is 0.273 e. The quantitative estimate of drug-likeness (QED) is 0.356. The van der Waals surface area contributed by atoms with Crippen molar-refractivity contribution in [2.75, 3.05) is 0 Å². The highest BCUT2D eigenvalue weighted by atomic mass is 16.2. The fourth-order valence-corrected chi connectivity index (χ4v) is 2.62. The summed E-state index contributed by atoms with van der Waals surface area (Å²) in [6.07, 6.45) is 6.46. The molecular weight excluding hydrogens is 180 g/mol. The van der Waals surface area contributed by atoms with E-state index in [9.17, 15) is 9.59 Å². The Labute approximate surface area is 83.4 Å². The van der Waals surface area contributed by atoms with E-state index in [0.717, 1.165) is 30.7 Å². The summed E-state index contributed by atoms with van der Waals surface area (Å²) in [5.41, 5.74) is -0.428. The maximum absolute atomic E-state index is 11.8. The zero-order valence-electron chi connectivity index (χ0n) is 8.29. The minimum Gasteiger partial charge on any atom is -0.273 e. The van der Waals surface area contributed by atoms with Crippen LogP contribution in [0.3, 0.4) is 0 Å². The summed E-state index contributed by atoms with van der Waals surface area (Å²) >= 11 is 0. The van der Waals surface area contributed by atoms with Crippen molar-refractivity contribution in [2.45, 2.75) is 44.9 Å². The standard InChI is InChI=1S/C10H16N2O2/c11-12-8(13)7-10(9(12)14)5-3-1-2-4-6-10/h1-7,11H2. The zero-order valence-corrected chi connectivity index (χ0v) is 8.29. The highest BCUT2D eigenvalue weighted by Crippen LogP contribution is 2.43. The van der Waals surface area contributed by atoms with Crippen LogP contribution in [0.15, 0.2) is 0 Å². The number of imide groups is 1. The van der Waals surface area contributed by atoms with Crippen LogP contribution in [0.2, 0.25) is 0 Å². The summed E-state index contributed by atoms with van der Waals surface area (Å²) in [6, 6.07) is 0. The first-order valence-corrected chi connectivity index (χ1v) is 5.28. The second-order valence-corrected chi connectivity index (χ2v) is 4.44. The molecule has 2 amide bonds. The van der Waals surface area contributed by atoms with Crippen molar-refractivity contribution in [1.29, 1.82) is 0 Å². The Hall–Kier alpha value is -0.900. The first-order chi connectivity index (χ1) is 6.66. The third-order valence-electron chi connectivity index (χ3n) is 3.49. The summed E-state index contributed by atoms with van der Waals surface area (Å²) in [5, 5.41) is 0.825. The molecule has 1 saturated heterocycles. The van der Waals surface area contributed by atoms with E-state index in [4.69, 9.17) is 5.84 Å². The number of carbonyl (C=O) groups is 2. The molecule has 1 spiro atoms. The number of hydrogen-bond donors (Lipinski definition) is 1. The normalized spacial score (nSPS) is 27.1. The van der Waals surface area contributed by atoms with Crippen LogP contribution in [0.5, 0.6) is 0 Å². The van der Waals surface area contributed by atoms with Crippen LogP contribution in [0, 0.1) is 5.41 Å². The Morgan fingerprint density at radius 1 is 1.07 bits per heavy atom. The average Bonchev–Trinajstić information content (AvgIpc) is 2.38. The molecule has 0 atom stereocenters. The highest BCUT2D eigenvalue weighted by molar-refractivity contribution is 6.05. The summed E-state index contributed by atoms with van der Waals surface area (Å²) in [6.45, 7) is 0. The van der Waals surface area contributed by atoms with E-state index in [-0.39, 0.29) is 11.8 Å². The van der Waals surface area contributed by atoms with E-state index in [1.165, 1.54) is 12.8 Å². The molecule has 2 fully saturated rings. The molecule has 1 aliphatic carbocycles. The van der Waals surface area contributed by atoms with Crippen LogP contribution in [0.4, 0.5) is 0 Å². The third kappa shape index (κ3) is 1.34. The minimum atomic E-state index is -0.428. The summed E-state index contributed by atoms with van der Waals surface area (Å²) in [5.74, 6) is 5.05. The van der Waals surface area contributed by atoms with Crippen LogP contribution in [0.1, 0.15) is 44.9 Å².